The van der Waals surface area contributed by atoms with Crippen molar-refractivity contribution in [2.75, 3.05) is 0 Å². The fraction of sp³-hybridized carbons (Fsp3) is 0. The van der Waals surface area contributed by atoms with Gasteiger partial charge in [-0.1, -0.05) is 146 Å². The molecule has 0 aliphatic carbocycles. The maximum Gasteiger partial charge on any atom is 0.164 e. The molecular formula is C48H30N6. The number of para-hydroxylation sites is 1. The van der Waals surface area contributed by atoms with Crippen LogP contribution in [0.2, 0.25) is 0 Å². The molecule has 0 bridgehead atoms. The van der Waals surface area contributed by atoms with Crippen LogP contribution in [0, 0.1) is 0 Å². The number of aromatic nitrogens is 6. The highest BCUT2D eigenvalue weighted by Gasteiger charge is 2.13. The van der Waals surface area contributed by atoms with Crippen molar-refractivity contribution < 1.29 is 0 Å². The zero-order valence-electron chi connectivity index (χ0n) is 29.0. The summed E-state index contributed by atoms with van der Waals surface area (Å²) in [6.45, 7) is 0. The standard InChI is InChI=1S/C48H30N6/c1-3-9-35(10-4-1)46-52-47(36-11-5-2-6-12-36)54-48(53-46)37-20-16-31(17-21-37)41-26-24-32-18-22-38(29-43(32)50-41)39-23-19-33-25-27-42(51-44(33)30-39)40-15-7-13-34-14-8-28-49-45(34)40/h1-30H. The first kappa shape index (κ1) is 31.3. The molecule has 10 aromatic rings. The fourth-order valence-corrected chi connectivity index (χ4v) is 6.94. The number of pyridine rings is 3. The first-order valence-corrected chi connectivity index (χ1v) is 17.9. The van der Waals surface area contributed by atoms with Crippen molar-refractivity contribution in [3.05, 3.63) is 182 Å². The molecule has 0 spiro atoms. The SMILES string of the molecule is c1ccc(-c2nc(-c3ccccc3)nc(-c3ccc(-c4ccc5ccc(-c6ccc7ccc(-c8cccc9cccnc89)nc7c6)cc5n4)cc3)n2)cc1. The lowest BCUT2D eigenvalue weighted by Crippen LogP contribution is -2.00. The largest absolute Gasteiger partial charge is 0.256 e. The van der Waals surface area contributed by atoms with E-state index in [1.807, 2.05) is 72.9 Å². The van der Waals surface area contributed by atoms with E-state index in [-0.39, 0.29) is 0 Å². The van der Waals surface area contributed by atoms with Crippen LogP contribution in [0.1, 0.15) is 0 Å². The van der Waals surface area contributed by atoms with Crippen molar-refractivity contribution in [1.82, 2.24) is 29.9 Å². The minimum Gasteiger partial charge on any atom is -0.256 e. The Morgan fingerprint density at radius 1 is 0.296 bits per heavy atom. The third-order valence-electron chi connectivity index (χ3n) is 9.76. The summed E-state index contributed by atoms with van der Waals surface area (Å²) in [6.07, 6.45) is 1.83. The molecule has 54 heavy (non-hydrogen) atoms. The van der Waals surface area contributed by atoms with Crippen LogP contribution in [-0.4, -0.2) is 29.9 Å². The van der Waals surface area contributed by atoms with Gasteiger partial charge in [-0.25, -0.2) is 24.9 Å². The van der Waals surface area contributed by atoms with Gasteiger partial charge in [0.1, 0.15) is 0 Å². The van der Waals surface area contributed by atoms with Gasteiger partial charge in [-0.05, 0) is 41.5 Å². The normalized spacial score (nSPS) is 11.3. The molecule has 0 unspecified atom stereocenters. The molecule has 6 aromatic carbocycles. The molecule has 0 amide bonds. The molecule has 0 saturated heterocycles. The van der Waals surface area contributed by atoms with Crippen molar-refractivity contribution in [3.63, 3.8) is 0 Å². The van der Waals surface area contributed by atoms with Gasteiger partial charge in [0.05, 0.1) is 27.9 Å². The molecule has 0 aliphatic heterocycles. The molecule has 4 heterocycles. The second-order valence-corrected chi connectivity index (χ2v) is 13.2. The Labute approximate surface area is 311 Å². The van der Waals surface area contributed by atoms with Crippen LogP contribution in [-0.2, 0) is 0 Å². The van der Waals surface area contributed by atoms with Gasteiger partial charge < -0.3 is 0 Å². The van der Waals surface area contributed by atoms with E-state index in [4.69, 9.17) is 24.9 Å². The average Bonchev–Trinajstić information content (AvgIpc) is 3.26. The van der Waals surface area contributed by atoms with Crippen molar-refractivity contribution >= 4 is 32.7 Å². The molecule has 0 fully saturated rings. The maximum atomic E-state index is 5.12. The zero-order valence-corrected chi connectivity index (χ0v) is 29.0. The molecule has 0 N–H and O–H groups in total. The maximum absolute atomic E-state index is 5.12. The van der Waals surface area contributed by atoms with Gasteiger partial charge in [-0.2, -0.15) is 0 Å². The lowest BCUT2D eigenvalue weighted by atomic mass is 10.0. The number of nitrogens with zero attached hydrogens (tertiary/aromatic N) is 6. The van der Waals surface area contributed by atoms with Gasteiger partial charge in [0.15, 0.2) is 17.5 Å². The van der Waals surface area contributed by atoms with Gasteiger partial charge >= 0.3 is 0 Å². The van der Waals surface area contributed by atoms with Crippen LogP contribution in [0.15, 0.2) is 182 Å². The molecule has 0 atom stereocenters. The average molecular weight is 691 g/mol. The Bertz CT molecular complexity index is 2920. The second kappa shape index (κ2) is 13.3. The monoisotopic (exact) mass is 690 g/mol. The van der Waals surface area contributed by atoms with Crippen molar-refractivity contribution in [1.29, 1.82) is 0 Å². The van der Waals surface area contributed by atoms with Crippen molar-refractivity contribution in [3.8, 4) is 67.8 Å². The molecule has 252 valence electrons. The molecule has 10 rings (SSSR count). The summed E-state index contributed by atoms with van der Waals surface area (Å²) in [7, 11) is 0. The van der Waals surface area contributed by atoms with Gasteiger partial charge in [0.25, 0.3) is 0 Å². The number of fused-ring (bicyclic) bond motifs is 3. The Hall–Kier alpha value is -7.44. The van der Waals surface area contributed by atoms with E-state index in [9.17, 15) is 0 Å². The third kappa shape index (κ3) is 5.91. The summed E-state index contributed by atoms with van der Waals surface area (Å²) >= 11 is 0. The van der Waals surface area contributed by atoms with Crippen LogP contribution >= 0.6 is 0 Å². The van der Waals surface area contributed by atoms with E-state index in [1.165, 1.54) is 0 Å². The quantitative estimate of drug-likeness (QED) is 0.173. The number of hydrogen-bond acceptors (Lipinski definition) is 6. The molecule has 4 aromatic heterocycles. The topological polar surface area (TPSA) is 77.3 Å². The molecular weight excluding hydrogens is 661 g/mol. The number of benzene rings is 6. The zero-order chi connectivity index (χ0) is 35.8. The number of hydrogen-bond donors (Lipinski definition) is 0. The van der Waals surface area contributed by atoms with E-state index in [0.717, 1.165) is 83.0 Å². The number of rotatable bonds is 6. The van der Waals surface area contributed by atoms with E-state index in [1.54, 1.807) is 0 Å². The fourth-order valence-electron chi connectivity index (χ4n) is 6.94. The van der Waals surface area contributed by atoms with Crippen LogP contribution < -0.4 is 0 Å². The van der Waals surface area contributed by atoms with E-state index < -0.39 is 0 Å². The van der Waals surface area contributed by atoms with Crippen LogP contribution in [0.3, 0.4) is 0 Å². The van der Waals surface area contributed by atoms with Crippen molar-refractivity contribution in [2.24, 2.45) is 0 Å². The summed E-state index contributed by atoms with van der Waals surface area (Å²) in [4.78, 5) is 29.5. The first-order valence-electron chi connectivity index (χ1n) is 17.9. The van der Waals surface area contributed by atoms with E-state index in [2.05, 4.69) is 114 Å². The lowest BCUT2D eigenvalue weighted by molar-refractivity contribution is 1.07. The first-order chi connectivity index (χ1) is 26.7. The predicted octanol–water partition coefficient (Wildman–Crippen LogP) is 11.5. The minimum atomic E-state index is 0.621. The minimum absolute atomic E-state index is 0.621. The predicted molar refractivity (Wildman–Crippen MR) is 218 cm³/mol. The third-order valence-corrected chi connectivity index (χ3v) is 9.76. The van der Waals surface area contributed by atoms with Crippen molar-refractivity contribution in [2.45, 2.75) is 0 Å². The lowest BCUT2D eigenvalue weighted by Gasteiger charge is -2.10. The smallest absolute Gasteiger partial charge is 0.164 e. The van der Waals surface area contributed by atoms with Crippen LogP contribution in [0.25, 0.3) is 101 Å². The summed E-state index contributed by atoms with van der Waals surface area (Å²) in [5.74, 6) is 1.90. The highest BCUT2D eigenvalue weighted by molar-refractivity contribution is 5.95. The molecule has 0 saturated carbocycles. The summed E-state index contributed by atoms with van der Waals surface area (Å²) in [6, 6.07) is 59.9. The molecule has 0 radical (unpaired) electrons. The summed E-state index contributed by atoms with van der Waals surface area (Å²) in [5, 5.41) is 3.27. The van der Waals surface area contributed by atoms with E-state index >= 15 is 0 Å². The van der Waals surface area contributed by atoms with Gasteiger partial charge in [-0.3, -0.25) is 4.98 Å². The van der Waals surface area contributed by atoms with Gasteiger partial charge in [0, 0.05) is 50.2 Å². The van der Waals surface area contributed by atoms with Crippen LogP contribution in [0.5, 0.6) is 0 Å². The Morgan fingerprint density at radius 2 is 0.778 bits per heavy atom. The Morgan fingerprint density at radius 3 is 1.39 bits per heavy atom. The Balaban J connectivity index is 0.974. The van der Waals surface area contributed by atoms with Gasteiger partial charge in [-0.15, -0.1) is 0 Å². The molecule has 6 heteroatoms. The summed E-state index contributed by atoms with van der Waals surface area (Å²) in [5.41, 5.74) is 11.6. The van der Waals surface area contributed by atoms with Gasteiger partial charge in [0.2, 0.25) is 0 Å². The Kier molecular flexibility index (Phi) is 7.69. The highest BCUT2D eigenvalue weighted by Crippen LogP contribution is 2.32. The van der Waals surface area contributed by atoms with E-state index in [0.29, 0.717) is 17.5 Å². The highest BCUT2D eigenvalue weighted by atomic mass is 15.0. The summed E-state index contributed by atoms with van der Waals surface area (Å²) < 4.78 is 0. The molecule has 6 nitrogen and oxygen atoms in total. The molecule has 0 aliphatic rings. The second-order valence-electron chi connectivity index (χ2n) is 13.2. The van der Waals surface area contributed by atoms with Crippen LogP contribution in [0.4, 0.5) is 0 Å².